The number of nitrogens with one attached hydrogen (secondary N) is 1. The zero-order valence-corrected chi connectivity index (χ0v) is 15.0. The van der Waals surface area contributed by atoms with Crippen molar-refractivity contribution < 1.29 is 4.79 Å². The molecule has 0 spiro atoms. The molecule has 2 nitrogen and oxygen atoms in total. The molecule has 1 unspecified atom stereocenters. The third-order valence-corrected chi connectivity index (χ3v) is 5.11. The van der Waals surface area contributed by atoms with Gasteiger partial charge in [0.1, 0.15) is 0 Å². The molecule has 1 atom stereocenters. The largest absolute Gasteiger partial charge is 0.355 e. The van der Waals surface area contributed by atoms with E-state index in [0.29, 0.717) is 10.7 Å². The van der Waals surface area contributed by atoms with Gasteiger partial charge >= 0.3 is 0 Å². The number of carbonyl (C=O) groups excluding carboxylic acids is 1. The number of amides is 1. The van der Waals surface area contributed by atoms with E-state index in [1.165, 1.54) is 32.1 Å². The van der Waals surface area contributed by atoms with Gasteiger partial charge in [-0.05, 0) is 43.9 Å². The van der Waals surface area contributed by atoms with E-state index in [1.54, 1.807) is 0 Å². The van der Waals surface area contributed by atoms with Crippen LogP contribution < -0.4 is 5.32 Å². The minimum atomic E-state index is 0.270. The summed E-state index contributed by atoms with van der Waals surface area (Å²) in [6, 6.07) is 0. The van der Waals surface area contributed by atoms with Gasteiger partial charge < -0.3 is 5.32 Å². The zero-order chi connectivity index (χ0) is 15.0. The molecule has 1 aliphatic rings. The lowest BCUT2D eigenvalue weighted by atomic mass is 9.79. The summed E-state index contributed by atoms with van der Waals surface area (Å²) in [5.74, 6) is 2.10. The average Bonchev–Trinajstić information content (AvgIpc) is 2.42. The summed E-state index contributed by atoms with van der Waals surface area (Å²) in [6.45, 7) is 7.46. The first-order valence-corrected chi connectivity index (χ1v) is 9.36. The van der Waals surface area contributed by atoms with Crippen LogP contribution in [0.25, 0.3) is 0 Å². The third-order valence-electron chi connectivity index (χ3n) is 4.41. The molecule has 1 amide bonds. The molecule has 1 rings (SSSR count). The second-order valence-electron chi connectivity index (χ2n) is 6.83. The molecule has 0 heterocycles. The lowest BCUT2D eigenvalue weighted by Gasteiger charge is -2.28. The van der Waals surface area contributed by atoms with Crippen LogP contribution in [0.2, 0.25) is 0 Å². The van der Waals surface area contributed by atoms with Crippen molar-refractivity contribution in [2.24, 2.45) is 17.8 Å². The lowest BCUT2D eigenvalue weighted by molar-refractivity contribution is -0.126. The Hall–Kier alpha value is -0.0500. The summed E-state index contributed by atoms with van der Waals surface area (Å²) in [6.07, 6.45) is 9.82. The molecule has 1 aliphatic carbocycles. The van der Waals surface area contributed by atoms with Crippen molar-refractivity contribution in [2.45, 2.75) is 77.0 Å². The number of unbranched alkanes of at least 4 members (excludes halogenated alkanes) is 1. The molecule has 1 saturated carbocycles. The number of hydrogen-bond acceptors (Lipinski definition) is 1. The maximum atomic E-state index is 12.2. The van der Waals surface area contributed by atoms with Gasteiger partial charge in [-0.3, -0.25) is 4.79 Å². The predicted molar refractivity (Wildman–Crippen MR) is 90.2 cm³/mol. The molecule has 0 aliphatic heterocycles. The Morgan fingerprint density at radius 3 is 2.45 bits per heavy atom. The monoisotopic (exact) mass is 345 g/mol. The van der Waals surface area contributed by atoms with Gasteiger partial charge in [0.25, 0.3) is 0 Å². The van der Waals surface area contributed by atoms with Crippen LogP contribution in [0.1, 0.15) is 72.1 Å². The van der Waals surface area contributed by atoms with E-state index in [-0.39, 0.29) is 11.8 Å². The topological polar surface area (TPSA) is 29.1 Å². The summed E-state index contributed by atoms with van der Waals surface area (Å²) in [7, 11) is 0. The molecular weight excluding hydrogens is 314 g/mol. The summed E-state index contributed by atoms with van der Waals surface area (Å²) in [5, 5.41) is 3.13. The molecule has 0 bridgehead atoms. The van der Waals surface area contributed by atoms with E-state index >= 15 is 0 Å². The normalized spacial score (nSPS) is 24.6. The predicted octanol–water partition coefficient (Wildman–Crippen LogP) is 4.91. The van der Waals surface area contributed by atoms with Gasteiger partial charge in [0, 0.05) is 17.3 Å². The highest BCUT2D eigenvalue weighted by atomic mass is 79.9. The summed E-state index contributed by atoms with van der Waals surface area (Å²) in [4.78, 5) is 12.6. The van der Waals surface area contributed by atoms with E-state index in [2.05, 4.69) is 42.0 Å². The second kappa shape index (κ2) is 9.81. The smallest absolute Gasteiger partial charge is 0.223 e. The molecule has 0 saturated heterocycles. The SMILES string of the molecule is CCCCC1CCC(C(=O)NCC(Br)CC(C)C)CC1. The first kappa shape index (κ1) is 18.0. The Morgan fingerprint density at radius 2 is 1.90 bits per heavy atom. The van der Waals surface area contributed by atoms with E-state index < -0.39 is 0 Å². The molecule has 1 N–H and O–H groups in total. The number of hydrogen-bond donors (Lipinski definition) is 1. The summed E-state index contributed by atoms with van der Waals surface area (Å²) < 4.78 is 0. The van der Waals surface area contributed by atoms with Crippen LogP contribution in [0.3, 0.4) is 0 Å². The molecule has 0 radical (unpaired) electrons. The first-order valence-electron chi connectivity index (χ1n) is 8.44. The second-order valence-corrected chi connectivity index (χ2v) is 8.13. The van der Waals surface area contributed by atoms with Crippen molar-refractivity contribution in [3.63, 3.8) is 0 Å². The molecular formula is C17H32BrNO. The van der Waals surface area contributed by atoms with E-state index in [4.69, 9.17) is 0 Å². The van der Waals surface area contributed by atoms with Gasteiger partial charge in [-0.15, -0.1) is 0 Å². The maximum absolute atomic E-state index is 12.2. The highest BCUT2D eigenvalue weighted by Gasteiger charge is 2.26. The van der Waals surface area contributed by atoms with Gasteiger partial charge in [-0.2, -0.15) is 0 Å². The minimum absolute atomic E-state index is 0.270. The van der Waals surface area contributed by atoms with Gasteiger partial charge in [-0.1, -0.05) is 56.0 Å². The number of halogens is 1. The molecule has 1 fully saturated rings. The van der Waals surface area contributed by atoms with Gasteiger partial charge in [-0.25, -0.2) is 0 Å². The first-order chi connectivity index (χ1) is 9.52. The molecule has 0 aromatic carbocycles. The van der Waals surface area contributed by atoms with Gasteiger partial charge in [0.05, 0.1) is 0 Å². The Bertz CT molecular complexity index is 272. The maximum Gasteiger partial charge on any atom is 0.223 e. The Kier molecular flexibility index (Phi) is 8.83. The molecule has 20 heavy (non-hydrogen) atoms. The number of carbonyl (C=O) groups is 1. The highest BCUT2D eigenvalue weighted by molar-refractivity contribution is 9.09. The third kappa shape index (κ3) is 7.10. The van der Waals surface area contributed by atoms with Crippen molar-refractivity contribution in [3.8, 4) is 0 Å². The number of rotatable bonds is 8. The van der Waals surface area contributed by atoms with Crippen LogP contribution in [-0.2, 0) is 4.79 Å². The Balaban J connectivity index is 2.19. The van der Waals surface area contributed by atoms with E-state index in [9.17, 15) is 4.79 Å². The van der Waals surface area contributed by atoms with Crippen molar-refractivity contribution >= 4 is 21.8 Å². The van der Waals surface area contributed by atoms with Crippen molar-refractivity contribution in [2.75, 3.05) is 6.54 Å². The molecule has 118 valence electrons. The number of alkyl halides is 1. The van der Waals surface area contributed by atoms with Crippen molar-refractivity contribution in [3.05, 3.63) is 0 Å². The molecule has 0 aromatic heterocycles. The quantitative estimate of drug-likeness (QED) is 0.622. The summed E-state index contributed by atoms with van der Waals surface area (Å²) >= 11 is 3.65. The van der Waals surface area contributed by atoms with Crippen LogP contribution in [0.5, 0.6) is 0 Å². The summed E-state index contributed by atoms with van der Waals surface area (Å²) in [5.41, 5.74) is 0. The fourth-order valence-electron chi connectivity index (χ4n) is 3.16. The van der Waals surface area contributed by atoms with Crippen molar-refractivity contribution in [1.82, 2.24) is 5.32 Å². The van der Waals surface area contributed by atoms with E-state index in [1.807, 2.05) is 0 Å². The highest BCUT2D eigenvalue weighted by Crippen LogP contribution is 2.32. The fourth-order valence-corrected chi connectivity index (χ4v) is 4.07. The van der Waals surface area contributed by atoms with Crippen LogP contribution in [0, 0.1) is 17.8 Å². The fraction of sp³-hybridized carbons (Fsp3) is 0.941. The standard InChI is InChI=1S/C17H32BrNO/c1-4-5-6-14-7-9-15(10-8-14)17(20)19-12-16(18)11-13(2)3/h13-16H,4-12H2,1-3H3,(H,19,20). The Morgan fingerprint density at radius 1 is 1.25 bits per heavy atom. The van der Waals surface area contributed by atoms with Crippen LogP contribution in [0.4, 0.5) is 0 Å². The van der Waals surface area contributed by atoms with Crippen LogP contribution >= 0.6 is 15.9 Å². The van der Waals surface area contributed by atoms with Gasteiger partial charge in [0.2, 0.25) is 5.91 Å². The minimum Gasteiger partial charge on any atom is -0.355 e. The van der Waals surface area contributed by atoms with Crippen LogP contribution in [0.15, 0.2) is 0 Å². The molecule has 3 heteroatoms. The van der Waals surface area contributed by atoms with Gasteiger partial charge in [0.15, 0.2) is 0 Å². The van der Waals surface area contributed by atoms with E-state index in [0.717, 1.165) is 31.7 Å². The Labute approximate surface area is 133 Å². The zero-order valence-electron chi connectivity index (χ0n) is 13.5. The average molecular weight is 346 g/mol. The van der Waals surface area contributed by atoms with Crippen LogP contribution in [-0.4, -0.2) is 17.3 Å². The molecule has 0 aromatic rings. The van der Waals surface area contributed by atoms with Crippen molar-refractivity contribution in [1.29, 1.82) is 0 Å². The lowest BCUT2D eigenvalue weighted by Crippen LogP contribution is -2.36.